The average Bonchev–Trinajstić information content (AvgIpc) is 2.61. The molecule has 2 nitrogen and oxygen atoms in total. The van der Waals surface area contributed by atoms with Crippen molar-refractivity contribution in [3.8, 4) is 11.1 Å². The summed E-state index contributed by atoms with van der Waals surface area (Å²) in [5.74, 6) is 0. The molecule has 0 aliphatic heterocycles. The monoisotopic (exact) mass is 421 g/mol. The third kappa shape index (κ3) is 10.5. The summed E-state index contributed by atoms with van der Waals surface area (Å²) in [6.45, 7) is 0.666. The first-order valence-electron chi connectivity index (χ1n) is 8.17. The molecule has 1 aromatic heterocycles. The molecule has 0 radical (unpaired) electrons. The first-order valence-corrected chi connectivity index (χ1v) is 10.2. The van der Waals surface area contributed by atoms with Gasteiger partial charge in [-0.25, -0.2) is 0 Å². The topological polar surface area (TPSA) is 13.1 Å². The predicted octanol–water partition coefficient (Wildman–Crippen LogP) is 6.69. The zero-order chi connectivity index (χ0) is 20.7. The minimum absolute atomic E-state index is 0.666. The quantitative estimate of drug-likeness (QED) is 0.254. The maximum Gasteiger partial charge on any atom is 0.223 e. The van der Waals surface area contributed by atoms with Crippen LogP contribution in [-0.2, 0) is 6.42 Å². The summed E-state index contributed by atoms with van der Waals surface area (Å²) in [5, 5.41) is 0. The number of halogens is 6. The van der Waals surface area contributed by atoms with Gasteiger partial charge in [-0.15, -0.1) is 0 Å². The van der Waals surface area contributed by atoms with E-state index in [0.717, 1.165) is 6.42 Å². The number of rotatable bonds is 5. The van der Waals surface area contributed by atoms with Crippen molar-refractivity contribution in [2.24, 2.45) is 0 Å². The second-order valence-corrected chi connectivity index (χ2v) is 7.76. The Kier molecular flexibility index (Phi) is 6.04. The number of hydrogen-bond acceptors (Lipinski definition) is 1. The maximum atomic E-state index is 9.87. The molecule has 0 amide bonds. The Morgan fingerprint density at radius 1 is 0.643 bits per heavy atom. The molecular formula is C19H18F6NOP. The summed E-state index contributed by atoms with van der Waals surface area (Å²) in [6, 6.07) is 24.8. The van der Waals surface area contributed by atoms with Gasteiger partial charge in [0.05, 0.1) is 0 Å². The summed E-state index contributed by atoms with van der Waals surface area (Å²) < 4.78 is 61.0. The molecule has 3 rings (SSSR count). The third-order valence-corrected chi connectivity index (χ3v) is 3.38. The molecule has 0 saturated heterocycles. The molecule has 0 fully saturated rings. The molecule has 0 aliphatic carbocycles. The Bertz CT molecular complexity index is 858. The second kappa shape index (κ2) is 7.80. The van der Waals surface area contributed by atoms with E-state index in [1.165, 1.54) is 16.7 Å². The second-order valence-electron chi connectivity index (χ2n) is 5.84. The van der Waals surface area contributed by atoms with Gasteiger partial charge < -0.3 is 0 Å². The van der Waals surface area contributed by atoms with Gasteiger partial charge in [0.25, 0.3) is 0 Å². The van der Waals surface area contributed by atoms with Crippen molar-refractivity contribution in [3.05, 3.63) is 90.8 Å². The number of benzene rings is 2. The number of pyridine rings is 1. The number of aromatic nitrogens is 1. The molecule has 0 saturated carbocycles. The molecule has 9 heteroatoms. The molecule has 0 aliphatic rings. The van der Waals surface area contributed by atoms with Crippen LogP contribution in [0.25, 0.3) is 11.1 Å². The summed E-state index contributed by atoms with van der Waals surface area (Å²) in [5.41, 5.74) is 3.70. The van der Waals surface area contributed by atoms with E-state index in [2.05, 4.69) is 48.5 Å². The standard InChI is InChI=1S/C19H18NO.F6P/c1-3-7-17(8-4-1)13-16-21-20-14-11-19(12-15-20)18-9-5-2-6-10-18;1-7(2,3,4,5)6/h1-12,14-15H,13,16H2;/q+1;-1. The van der Waals surface area contributed by atoms with Crippen molar-refractivity contribution in [2.75, 3.05) is 6.61 Å². The normalized spacial score (nSPS) is 13.5. The van der Waals surface area contributed by atoms with Gasteiger partial charge in [0.1, 0.15) is 0 Å². The van der Waals surface area contributed by atoms with E-state index >= 15 is 0 Å². The molecule has 0 bridgehead atoms. The van der Waals surface area contributed by atoms with Gasteiger partial charge in [-0.05, 0) is 16.7 Å². The van der Waals surface area contributed by atoms with Crippen LogP contribution in [0.5, 0.6) is 0 Å². The molecule has 0 atom stereocenters. The van der Waals surface area contributed by atoms with Crippen molar-refractivity contribution < 1.29 is 34.7 Å². The van der Waals surface area contributed by atoms with Crippen LogP contribution in [0.3, 0.4) is 0 Å². The zero-order valence-electron chi connectivity index (χ0n) is 14.6. The van der Waals surface area contributed by atoms with E-state index in [9.17, 15) is 25.2 Å². The first-order chi connectivity index (χ1) is 12.9. The molecule has 0 spiro atoms. The molecular weight excluding hydrogens is 403 g/mol. The zero-order valence-corrected chi connectivity index (χ0v) is 15.5. The van der Waals surface area contributed by atoms with Gasteiger partial charge in [-0.3, -0.25) is 4.84 Å². The Balaban J connectivity index is 0.000000345. The van der Waals surface area contributed by atoms with Crippen molar-refractivity contribution in [2.45, 2.75) is 6.42 Å². The summed E-state index contributed by atoms with van der Waals surface area (Å²) in [6.07, 6.45) is 4.81. The van der Waals surface area contributed by atoms with Gasteiger partial charge in [-0.2, -0.15) is 0 Å². The Morgan fingerprint density at radius 3 is 1.57 bits per heavy atom. The first kappa shape index (κ1) is 21.7. The van der Waals surface area contributed by atoms with Crippen LogP contribution >= 0.6 is 7.81 Å². The van der Waals surface area contributed by atoms with Crippen molar-refractivity contribution >= 4 is 7.81 Å². The molecule has 0 N–H and O–H groups in total. The van der Waals surface area contributed by atoms with Gasteiger partial charge in [0, 0.05) is 23.3 Å². The van der Waals surface area contributed by atoms with E-state index in [1.54, 1.807) is 4.73 Å². The summed E-state index contributed by atoms with van der Waals surface area (Å²) in [4.78, 5) is 5.72. The summed E-state index contributed by atoms with van der Waals surface area (Å²) >= 11 is 0. The molecule has 3 aromatic rings. The molecule has 0 unspecified atom stereocenters. The van der Waals surface area contributed by atoms with Crippen molar-refractivity contribution in [1.82, 2.24) is 0 Å². The van der Waals surface area contributed by atoms with Crippen molar-refractivity contribution in [1.29, 1.82) is 0 Å². The van der Waals surface area contributed by atoms with Crippen LogP contribution in [0.4, 0.5) is 25.2 Å². The van der Waals surface area contributed by atoms with Crippen LogP contribution < -0.4 is 9.57 Å². The van der Waals surface area contributed by atoms with E-state index in [1.807, 2.05) is 36.7 Å². The van der Waals surface area contributed by atoms with Crippen LogP contribution in [-0.4, -0.2) is 6.61 Å². The van der Waals surface area contributed by atoms with Gasteiger partial charge in [-0.1, -0.05) is 60.7 Å². The average molecular weight is 421 g/mol. The largest absolute Gasteiger partial charge is 0.271 e. The molecule has 2 aromatic carbocycles. The van der Waals surface area contributed by atoms with E-state index in [-0.39, 0.29) is 0 Å². The van der Waals surface area contributed by atoms with Crippen molar-refractivity contribution in [3.63, 3.8) is 0 Å². The minimum Gasteiger partial charge on any atom is -0.271 e. The van der Waals surface area contributed by atoms with Crippen LogP contribution in [0.15, 0.2) is 85.2 Å². The fraction of sp³-hybridized carbons (Fsp3) is 0.105. The Morgan fingerprint density at radius 2 is 1.07 bits per heavy atom. The van der Waals surface area contributed by atoms with E-state index < -0.39 is 7.81 Å². The SMILES string of the molecule is F[P-](F)(F)(F)(F)F.c1ccc(CCO[n+]2ccc(-c3ccccc3)cc2)cc1. The Hall–Kier alpha value is -2.60. The smallest absolute Gasteiger partial charge is 0.223 e. The van der Waals surface area contributed by atoms with Crippen LogP contribution in [0, 0.1) is 0 Å². The molecule has 152 valence electrons. The van der Waals surface area contributed by atoms with Gasteiger partial charge >= 0.3 is 33.0 Å². The third-order valence-electron chi connectivity index (χ3n) is 3.38. The fourth-order valence-corrected chi connectivity index (χ4v) is 2.24. The van der Waals surface area contributed by atoms with Gasteiger partial charge in [0.15, 0.2) is 6.61 Å². The van der Waals surface area contributed by atoms with Crippen LogP contribution in [0.2, 0.25) is 0 Å². The molecule has 1 heterocycles. The number of nitrogens with zero attached hydrogens (tertiary/aromatic N) is 1. The van der Waals surface area contributed by atoms with E-state index in [0.29, 0.717) is 6.61 Å². The fourth-order valence-electron chi connectivity index (χ4n) is 2.24. The predicted molar refractivity (Wildman–Crippen MR) is 97.2 cm³/mol. The van der Waals surface area contributed by atoms with E-state index in [4.69, 9.17) is 4.84 Å². The number of hydrogen-bond donors (Lipinski definition) is 0. The van der Waals surface area contributed by atoms with Gasteiger partial charge in [0.2, 0.25) is 12.4 Å². The van der Waals surface area contributed by atoms with Crippen LogP contribution in [0.1, 0.15) is 5.56 Å². The maximum absolute atomic E-state index is 10.7. The molecule has 28 heavy (non-hydrogen) atoms. The minimum atomic E-state index is -10.7. The Labute approximate surface area is 158 Å². The summed E-state index contributed by atoms with van der Waals surface area (Å²) in [7, 11) is -10.7.